The molecular weight excluding hydrogens is 387 g/mol. The molecule has 1 aliphatic carbocycles. The molecule has 1 rings (SSSR count). The molecule has 0 heterocycles. The smallest absolute Gasteiger partial charge is 0.330 e. The fraction of sp³-hybridized carbons (Fsp3) is 0.895. The van der Waals surface area contributed by atoms with E-state index in [0.29, 0.717) is 0 Å². The molecule has 0 aromatic rings. The van der Waals surface area contributed by atoms with E-state index < -0.39 is 64.8 Å². The highest BCUT2D eigenvalue weighted by atomic mass is 19.3. The summed E-state index contributed by atoms with van der Waals surface area (Å²) in [7, 11) is 0. The maximum Gasteiger partial charge on any atom is 0.330 e. The van der Waals surface area contributed by atoms with E-state index in [0.717, 1.165) is 0 Å². The van der Waals surface area contributed by atoms with Crippen LogP contribution in [-0.2, 0) is 19.1 Å². The molecule has 0 amide bonds. The van der Waals surface area contributed by atoms with Gasteiger partial charge in [0.05, 0.1) is 0 Å². The largest absolute Gasteiger partial charge is 0.459 e. The second-order valence-corrected chi connectivity index (χ2v) is 9.42. The lowest BCUT2D eigenvalue weighted by atomic mass is 9.59. The summed E-state index contributed by atoms with van der Waals surface area (Å²) in [6, 6.07) is 0. The van der Waals surface area contributed by atoms with Crippen molar-refractivity contribution in [3.8, 4) is 0 Å². The van der Waals surface area contributed by atoms with E-state index >= 15 is 13.2 Å². The third-order valence-electron chi connectivity index (χ3n) is 4.80. The van der Waals surface area contributed by atoms with Crippen molar-refractivity contribution >= 4 is 11.9 Å². The first-order valence-electron chi connectivity index (χ1n) is 9.09. The second kappa shape index (κ2) is 6.83. The summed E-state index contributed by atoms with van der Waals surface area (Å²) in [5.41, 5.74) is -10.7. The van der Waals surface area contributed by atoms with Gasteiger partial charge < -0.3 is 9.47 Å². The van der Waals surface area contributed by atoms with Gasteiger partial charge in [-0.15, -0.1) is 0 Å². The van der Waals surface area contributed by atoms with Gasteiger partial charge in [-0.1, -0.05) is 6.92 Å². The van der Waals surface area contributed by atoms with Crippen molar-refractivity contribution in [1.29, 1.82) is 0 Å². The molecule has 0 bridgehead atoms. The zero-order valence-corrected chi connectivity index (χ0v) is 17.5. The van der Waals surface area contributed by atoms with Crippen LogP contribution in [0.3, 0.4) is 0 Å². The number of carbonyl (C=O) groups excluding carboxylic acids is 2. The number of ether oxygens (including phenoxy) is 2. The normalized spacial score (nSPS) is 29.1. The Morgan fingerprint density at radius 2 is 1.25 bits per heavy atom. The number of alkyl halides is 5. The van der Waals surface area contributed by atoms with Gasteiger partial charge in [-0.25, -0.2) is 22.0 Å². The van der Waals surface area contributed by atoms with Gasteiger partial charge in [-0.05, 0) is 61.3 Å². The highest BCUT2D eigenvalue weighted by Crippen LogP contribution is 2.64. The standard InChI is InChI=1S/C19H29F5O4/c1-9-11-10-17(12(25)27-14(2,3)4,13(26)28-15(5,6)7)19(23,24)16(8,20)18(11,21)22/h11H,9-10H2,1-8H3. The van der Waals surface area contributed by atoms with Crippen molar-refractivity contribution in [1.82, 2.24) is 0 Å². The molecule has 0 saturated heterocycles. The van der Waals surface area contributed by atoms with Crippen LogP contribution < -0.4 is 0 Å². The first-order chi connectivity index (χ1) is 12.2. The monoisotopic (exact) mass is 416 g/mol. The number of carbonyl (C=O) groups is 2. The summed E-state index contributed by atoms with van der Waals surface area (Å²) in [6.07, 6.45) is -1.73. The average molecular weight is 416 g/mol. The van der Waals surface area contributed by atoms with Crippen LogP contribution in [0, 0.1) is 11.3 Å². The lowest BCUT2D eigenvalue weighted by Crippen LogP contribution is -2.74. The molecule has 0 spiro atoms. The zero-order valence-electron chi connectivity index (χ0n) is 17.5. The summed E-state index contributed by atoms with van der Waals surface area (Å²) in [6.45, 7) is 9.39. The van der Waals surface area contributed by atoms with Crippen molar-refractivity contribution in [2.24, 2.45) is 11.3 Å². The molecule has 0 N–H and O–H groups in total. The van der Waals surface area contributed by atoms with Gasteiger partial charge in [0.2, 0.25) is 11.1 Å². The van der Waals surface area contributed by atoms with Gasteiger partial charge in [0, 0.05) is 5.92 Å². The fourth-order valence-corrected chi connectivity index (χ4v) is 3.26. The summed E-state index contributed by atoms with van der Waals surface area (Å²) >= 11 is 0. The lowest BCUT2D eigenvalue weighted by Gasteiger charge is -2.53. The van der Waals surface area contributed by atoms with Crippen molar-refractivity contribution in [2.45, 2.75) is 96.9 Å². The van der Waals surface area contributed by atoms with Gasteiger partial charge in [0.15, 0.2) is 0 Å². The first-order valence-corrected chi connectivity index (χ1v) is 9.09. The third kappa shape index (κ3) is 3.73. The van der Waals surface area contributed by atoms with Crippen molar-refractivity contribution < 1.29 is 41.0 Å². The van der Waals surface area contributed by atoms with Crippen molar-refractivity contribution in [3.05, 3.63) is 0 Å². The Kier molecular flexibility index (Phi) is 6.01. The van der Waals surface area contributed by atoms with E-state index in [2.05, 4.69) is 0 Å². The molecule has 28 heavy (non-hydrogen) atoms. The topological polar surface area (TPSA) is 52.6 Å². The number of esters is 2. The van der Waals surface area contributed by atoms with Crippen LogP contribution >= 0.6 is 0 Å². The average Bonchev–Trinajstić information content (AvgIpc) is 2.42. The van der Waals surface area contributed by atoms with Crippen LogP contribution in [0.25, 0.3) is 0 Å². The predicted octanol–water partition coefficient (Wildman–Crippen LogP) is 5.08. The van der Waals surface area contributed by atoms with Gasteiger partial charge in [-0.3, -0.25) is 9.59 Å². The Morgan fingerprint density at radius 1 is 0.893 bits per heavy atom. The number of rotatable bonds is 3. The quantitative estimate of drug-likeness (QED) is 0.366. The molecule has 4 nitrogen and oxygen atoms in total. The Hall–Kier alpha value is -1.41. The summed E-state index contributed by atoms with van der Waals surface area (Å²) < 4.78 is 84.6. The van der Waals surface area contributed by atoms with Gasteiger partial charge in [0.25, 0.3) is 5.92 Å². The minimum absolute atomic E-state index is 0.0122. The molecule has 164 valence electrons. The van der Waals surface area contributed by atoms with Crippen LogP contribution in [0.2, 0.25) is 0 Å². The molecule has 1 saturated carbocycles. The molecule has 0 radical (unpaired) electrons. The molecule has 1 aliphatic rings. The molecule has 2 unspecified atom stereocenters. The molecule has 0 aromatic carbocycles. The highest BCUT2D eigenvalue weighted by Gasteiger charge is 2.85. The fourth-order valence-electron chi connectivity index (χ4n) is 3.26. The second-order valence-electron chi connectivity index (χ2n) is 9.42. The molecule has 2 atom stereocenters. The first kappa shape index (κ1) is 24.6. The van der Waals surface area contributed by atoms with Gasteiger partial charge >= 0.3 is 17.9 Å². The van der Waals surface area contributed by atoms with Crippen LogP contribution in [0.5, 0.6) is 0 Å². The molecule has 1 fully saturated rings. The predicted molar refractivity (Wildman–Crippen MR) is 91.9 cm³/mol. The van der Waals surface area contributed by atoms with Gasteiger partial charge in [-0.2, -0.15) is 0 Å². The van der Waals surface area contributed by atoms with E-state index in [1.807, 2.05) is 0 Å². The Morgan fingerprint density at radius 3 is 1.54 bits per heavy atom. The SMILES string of the molecule is CCC1CC(C(=O)OC(C)(C)C)(C(=O)OC(C)(C)C)C(F)(F)C(C)(F)C1(F)F. The van der Waals surface area contributed by atoms with Crippen LogP contribution in [-0.4, -0.2) is 40.7 Å². The number of halogens is 5. The molecular formula is C19H29F5O4. The molecule has 0 aliphatic heterocycles. The van der Waals surface area contributed by atoms with E-state index in [1.54, 1.807) is 0 Å². The van der Waals surface area contributed by atoms with Gasteiger partial charge in [0.1, 0.15) is 11.2 Å². The summed E-state index contributed by atoms with van der Waals surface area (Å²) in [4.78, 5) is 25.6. The molecule has 0 aromatic heterocycles. The van der Waals surface area contributed by atoms with E-state index in [9.17, 15) is 18.4 Å². The number of hydrogen-bond acceptors (Lipinski definition) is 4. The van der Waals surface area contributed by atoms with Crippen LogP contribution in [0.1, 0.15) is 68.2 Å². The third-order valence-corrected chi connectivity index (χ3v) is 4.80. The number of hydrogen-bond donors (Lipinski definition) is 0. The minimum atomic E-state index is -5.08. The Bertz CT molecular complexity index is 601. The minimum Gasteiger partial charge on any atom is -0.459 e. The highest BCUT2D eigenvalue weighted by molar-refractivity contribution is 6.02. The summed E-state index contributed by atoms with van der Waals surface area (Å²) in [5, 5.41) is 0. The van der Waals surface area contributed by atoms with E-state index in [4.69, 9.17) is 9.47 Å². The Balaban J connectivity index is 3.77. The zero-order chi connectivity index (χ0) is 22.6. The van der Waals surface area contributed by atoms with E-state index in [1.165, 1.54) is 48.5 Å². The van der Waals surface area contributed by atoms with E-state index in [-0.39, 0.29) is 6.92 Å². The van der Waals surface area contributed by atoms with Crippen LogP contribution in [0.4, 0.5) is 22.0 Å². The Labute approximate surface area is 162 Å². The molecule has 9 heteroatoms. The summed E-state index contributed by atoms with van der Waals surface area (Å²) in [5.74, 6) is -15.1. The van der Waals surface area contributed by atoms with Crippen LogP contribution in [0.15, 0.2) is 0 Å². The van der Waals surface area contributed by atoms with Crippen molar-refractivity contribution in [3.63, 3.8) is 0 Å². The maximum atomic E-state index is 15.3. The lowest BCUT2D eigenvalue weighted by molar-refractivity contribution is -0.329. The van der Waals surface area contributed by atoms with Crippen molar-refractivity contribution in [2.75, 3.05) is 0 Å². The maximum absolute atomic E-state index is 15.3.